The standard InChI is InChI=1S/C24H24FN3O/c25-21-10-4-8-19(16-21)23-24(27-14-13-26-23)20-9-5-15-28(17-20)22(29)12-11-18-6-2-1-3-7-18/h1-4,6-8,10,13-14,16,20H,5,9,11-12,15,17H2/t20-/m0/s1. The van der Waals surface area contributed by atoms with Gasteiger partial charge in [-0.1, -0.05) is 42.5 Å². The van der Waals surface area contributed by atoms with Crippen molar-refractivity contribution in [1.29, 1.82) is 0 Å². The third-order valence-corrected chi connectivity index (χ3v) is 5.46. The van der Waals surface area contributed by atoms with E-state index in [9.17, 15) is 9.18 Å². The Hall–Kier alpha value is -3.08. The molecule has 1 aromatic heterocycles. The lowest BCUT2D eigenvalue weighted by Gasteiger charge is -2.33. The monoisotopic (exact) mass is 389 g/mol. The van der Waals surface area contributed by atoms with Crippen molar-refractivity contribution < 1.29 is 9.18 Å². The summed E-state index contributed by atoms with van der Waals surface area (Å²) in [6.07, 6.45) is 6.45. The Bertz CT molecular complexity index is 977. The van der Waals surface area contributed by atoms with Crippen LogP contribution in [0.2, 0.25) is 0 Å². The summed E-state index contributed by atoms with van der Waals surface area (Å²) in [5, 5.41) is 0. The van der Waals surface area contributed by atoms with Gasteiger partial charge in [-0.05, 0) is 37.0 Å². The average Bonchev–Trinajstić information content (AvgIpc) is 2.78. The molecule has 2 heterocycles. The summed E-state index contributed by atoms with van der Waals surface area (Å²) in [6.45, 7) is 1.41. The van der Waals surface area contributed by atoms with E-state index in [0.29, 0.717) is 18.7 Å². The normalized spacial score (nSPS) is 16.6. The number of carbonyl (C=O) groups excluding carboxylic acids is 1. The molecule has 1 aliphatic heterocycles. The zero-order valence-electron chi connectivity index (χ0n) is 16.3. The van der Waals surface area contributed by atoms with Crippen molar-refractivity contribution in [2.75, 3.05) is 13.1 Å². The molecule has 0 N–H and O–H groups in total. The van der Waals surface area contributed by atoms with Crippen molar-refractivity contribution in [1.82, 2.24) is 14.9 Å². The summed E-state index contributed by atoms with van der Waals surface area (Å²) in [5.74, 6) is -0.00777. The first-order chi connectivity index (χ1) is 14.2. The van der Waals surface area contributed by atoms with Crippen LogP contribution < -0.4 is 0 Å². The number of rotatable bonds is 5. The number of likely N-dealkylation sites (tertiary alicyclic amines) is 1. The Morgan fingerprint density at radius 3 is 2.72 bits per heavy atom. The van der Waals surface area contributed by atoms with Gasteiger partial charge in [0.25, 0.3) is 0 Å². The maximum atomic E-state index is 13.7. The summed E-state index contributed by atoms with van der Waals surface area (Å²) in [5.41, 5.74) is 3.45. The second-order valence-electron chi connectivity index (χ2n) is 7.47. The topological polar surface area (TPSA) is 46.1 Å². The van der Waals surface area contributed by atoms with E-state index >= 15 is 0 Å². The molecule has 1 saturated heterocycles. The van der Waals surface area contributed by atoms with Gasteiger partial charge in [-0.2, -0.15) is 0 Å². The van der Waals surface area contributed by atoms with Gasteiger partial charge in [0.15, 0.2) is 0 Å². The summed E-state index contributed by atoms with van der Waals surface area (Å²) >= 11 is 0. The van der Waals surface area contributed by atoms with Crippen molar-refractivity contribution >= 4 is 5.91 Å². The van der Waals surface area contributed by atoms with Crippen LogP contribution in [0.25, 0.3) is 11.3 Å². The minimum atomic E-state index is -0.291. The zero-order chi connectivity index (χ0) is 20.1. The minimum Gasteiger partial charge on any atom is -0.342 e. The van der Waals surface area contributed by atoms with E-state index in [2.05, 4.69) is 22.1 Å². The highest BCUT2D eigenvalue weighted by Gasteiger charge is 2.27. The van der Waals surface area contributed by atoms with Crippen LogP contribution in [0.3, 0.4) is 0 Å². The lowest BCUT2D eigenvalue weighted by atomic mass is 9.91. The van der Waals surface area contributed by atoms with E-state index in [4.69, 9.17) is 0 Å². The van der Waals surface area contributed by atoms with Crippen molar-refractivity contribution in [3.63, 3.8) is 0 Å². The lowest BCUT2D eigenvalue weighted by Crippen LogP contribution is -2.39. The number of benzene rings is 2. The smallest absolute Gasteiger partial charge is 0.222 e. The minimum absolute atomic E-state index is 0.108. The highest BCUT2D eigenvalue weighted by Crippen LogP contribution is 2.32. The van der Waals surface area contributed by atoms with Crippen molar-refractivity contribution in [2.45, 2.75) is 31.6 Å². The number of halogens is 1. The first kappa shape index (κ1) is 19.2. The van der Waals surface area contributed by atoms with E-state index in [1.807, 2.05) is 29.2 Å². The fourth-order valence-corrected chi connectivity index (χ4v) is 3.99. The molecule has 148 valence electrons. The summed E-state index contributed by atoms with van der Waals surface area (Å²) in [4.78, 5) is 23.8. The first-order valence-electron chi connectivity index (χ1n) is 10.1. The van der Waals surface area contributed by atoms with Crippen LogP contribution in [0.5, 0.6) is 0 Å². The molecule has 1 amide bonds. The molecule has 1 fully saturated rings. The Morgan fingerprint density at radius 1 is 1.07 bits per heavy atom. The Kier molecular flexibility index (Phi) is 5.94. The van der Waals surface area contributed by atoms with Crippen LogP contribution in [0, 0.1) is 5.82 Å². The van der Waals surface area contributed by atoms with E-state index < -0.39 is 0 Å². The largest absolute Gasteiger partial charge is 0.342 e. The highest BCUT2D eigenvalue weighted by molar-refractivity contribution is 5.76. The maximum Gasteiger partial charge on any atom is 0.222 e. The fourth-order valence-electron chi connectivity index (χ4n) is 3.99. The van der Waals surface area contributed by atoms with Gasteiger partial charge in [0, 0.05) is 43.4 Å². The van der Waals surface area contributed by atoms with Crippen molar-refractivity contribution in [3.05, 3.63) is 84.1 Å². The number of carbonyl (C=O) groups is 1. The molecule has 1 aliphatic rings. The summed E-state index contributed by atoms with van der Waals surface area (Å²) in [7, 11) is 0. The molecule has 0 radical (unpaired) electrons. The molecule has 3 aromatic rings. The molecule has 29 heavy (non-hydrogen) atoms. The number of hydrogen-bond acceptors (Lipinski definition) is 3. The van der Waals surface area contributed by atoms with E-state index in [1.54, 1.807) is 18.5 Å². The second-order valence-corrected chi connectivity index (χ2v) is 7.47. The Labute approximate surface area is 170 Å². The van der Waals surface area contributed by atoms with Crippen molar-refractivity contribution in [3.8, 4) is 11.3 Å². The second kappa shape index (κ2) is 8.95. The van der Waals surface area contributed by atoms with Gasteiger partial charge in [0.2, 0.25) is 5.91 Å². The molecule has 0 spiro atoms. The fraction of sp³-hybridized carbons (Fsp3) is 0.292. The average molecular weight is 389 g/mol. The van der Waals surface area contributed by atoms with Gasteiger partial charge in [0.1, 0.15) is 5.82 Å². The predicted octanol–water partition coefficient (Wildman–Crippen LogP) is 4.62. The molecular weight excluding hydrogens is 365 g/mol. The number of nitrogens with zero attached hydrogens (tertiary/aromatic N) is 3. The van der Waals surface area contributed by atoms with Crippen LogP contribution >= 0.6 is 0 Å². The van der Waals surface area contributed by atoms with Gasteiger partial charge in [0.05, 0.1) is 11.4 Å². The summed E-state index contributed by atoms with van der Waals surface area (Å²) < 4.78 is 13.7. The molecule has 5 heteroatoms. The molecule has 4 nitrogen and oxygen atoms in total. The number of hydrogen-bond donors (Lipinski definition) is 0. The van der Waals surface area contributed by atoms with Gasteiger partial charge < -0.3 is 4.90 Å². The first-order valence-corrected chi connectivity index (χ1v) is 10.1. The highest BCUT2D eigenvalue weighted by atomic mass is 19.1. The molecule has 0 aliphatic carbocycles. The van der Waals surface area contributed by atoms with Gasteiger partial charge in [-0.15, -0.1) is 0 Å². The SMILES string of the molecule is O=C(CCc1ccccc1)N1CCC[C@H](c2nccnc2-c2cccc(F)c2)C1. The van der Waals surface area contributed by atoms with Crippen LogP contribution in [0.1, 0.15) is 36.4 Å². The van der Waals surface area contributed by atoms with Crippen LogP contribution in [-0.2, 0) is 11.2 Å². The molecular formula is C24H24FN3O. The third kappa shape index (κ3) is 4.67. The quantitative estimate of drug-likeness (QED) is 0.640. The predicted molar refractivity (Wildman–Crippen MR) is 111 cm³/mol. The van der Waals surface area contributed by atoms with Crippen LogP contribution in [-0.4, -0.2) is 33.9 Å². The lowest BCUT2D eigenvalue weighted by molar-refractivity contribution is -0.132. The Morgan fingerprint density at radius 2 is 1.90 bits per heavy atom. The van der Waals surface area contributed by atoms with E-state index in [-0.39, 0.29) is 17.6 Å². The number of amides is 1. The maximum absolute atomic E-state index is 13.7. The molecule has 0 bridgehead atoms. The zero-order valence-corrected chi connectivity index (χ0v) is 16.3. The summed E-state index contributed by atoms with van der Waals surface area (Å²) in [6, 6.07) is 16.5. The molecule has 0 saturated carbocycles. The molecule has 4 rings (SSSR count). The third-order valence-electron chi connectivity index (χ3n) is 5.46. The van der Waals surface area contributed by atoms with Gasteiger partial charge in [-0.3, -0.25) is 14.8 Å². The van der Waals surface area contributed by atoms with E-state index in [1.165, 1.54) is 17.7 Å². The molecule has 0 unspecified atom stereocenters. The van der Waals surface area contributed by atoms with Crippen LogP contribution in [0.15, 0.2) is 67.0 Å². The number of piperidine rings is 1. The molecule has 2 aromatic carbocycles. The van der Waals surface area contributed by atoms with Gasteiger partial charge in [-0.25, -0.2) is 4.39 Å². The van der Waals surface area contributed by atoms with Crippen molar-refractivity contribution in [2.24, 2.45) is 0 Å². The number of aryl methyl sites for hydroxylation is 1. The Balaban J connectivity index is 1.48. The van der Waals surface area contributed by atoms with Crippen LogP contribution in [0.4, 0.5) is 4.39 Å². The van der Waals surface area contributed by atoms with E-state index in [0.717, 1.165) is 37.1 Å². The number of aromatic nitrogens is 2. The molecule has 1 atom stereocenters. The van der Waals surface area contributed by atoms with Gasteiger partial charge >= 0.3 is 0 Å².